The van der Waals surface area contributed by atoms with Gasteiger partial charge in [-0.25, -0.2) is 4.99 Å². The highest BCUT2D eigenvalue weighted by Gasteiger charge is 2.06. The number of primary amides is 1. The number of amides is 1. The lowest BCUT2D eigenvalue weighted by Crippen LogP contribution is -2.39. The predicted octanol–water partition coefficient (Wildman–Crippen LogP) is 2.55. The highest BCUT2D eigenvalue weighted by Crippen LogP contribution is 2.15. The standard InChI is InChI=1S/C20H28N4O2S/c1-3-22-20(23-12-15(2)10-18-8-5-9-27-18)24-13-16-6-4-7-17(11-16)26-14-19(21)25/h4-9,11,15H,3,10,12-14H2,1-2H3,(H2,21,25)(H2,22,23,24). The fraction of sp³-hybridized carbons (Fsp3) is 0.400. The Balaban J connectivity index is 1.88. The van der Waals surface area contributed by atoms with Crippen LogP contribution in [0.4, 0.5) is 0 Å². The highest BCUT2D eigenvalue weighted by atomic mass is 32.1. The average Bonchev–Trinajstić information content (AvgIpc) is 3.15. The first-order valence-corrected chi connectivity index (χ1v) is 9.99. The van der Waals surface area contributed by atoms with Crippen molar-refractivity contribution in [3.8, 4) is 5.75 Å². The fourth-order valence-corrected chi connectivity index (χ4v) is 3.39. The van der Waals surface area contributed by atoms with Crippen molar-refractivity contribution < 1.29 is 9.53 Å². The first-order valence-electron chi connectivity index (χ1n) is 9.11. The van der Waals surface area contributed by atoms with Crippen LogP contribution < -0.4 is 21.1 Å². The topological polar surface area (TPSA) is 88.7 Å². The molecule has 0 aliphatic rings. The number of benzene rings is 1. The van der Waals surface area contributed by atoms with Crippen molar-refractivity contribution in [3.63, 3.8) is 0 Å². The molecule has 1 atom stereocenters. The lowest BCUT2D eigenvalue weighted by Gasteiger charge is -2.15. The summed E-state index contributed by atoms with van der Waals surface area (Å²) in [6, 6.07) is 11.8. The number of nitrogens with two attached hydrogens (primary N) is 1. The molecule has 6 nitrogen and oxygen atoms in total. The third-order valence-electron chi connectivity index (χ3n) is 3.79. The Morgan fingerprint density at radius 3 is 2.85 bits per heavy atom. The Bertz CT molecular complexity index is 731. The number of rotatable bonds is 10. The van der Waals surface area contributed by atoms with Gasteiger partial charge in [0.1, 0.15) is 5.75 Å². The van der Waals surface area contributed by atoms with Crippen LogP contribution in [0.3, 0.4) is 0 Å². The Kier molecular flexibility index (Phi) is 8.64. The van der Waals surface area contributed by atoms with E-state index in [0.29, 0.717) is 18.2 Å². The molecule has 2 aromatic rings. The number of carbonyl (C=O) groups excluding carboxylic acids is 1. The molecule has 4 N–H and O–H groups in total. The number of thiophene rings is 1. The second-order valence-corrected chi connectivity index (χ2v) is 7.40. The summed E-state index contributed by atoms with van der Waals surface area (Å²) in [5.41, 5.74) is 6.11. The highest BCUT2D eigenvalue weighted by molar-refractivity contribution is 7.09. The minimum atomic E-state index is -0.492. The SMILES string of the molecule is CCNC(=NCc1cccc(OCC(N)=O)c1)NCC(C)Cc1cccs1. The van der Waals surface area contributed by atoms with Gasteiger partial charge in [-0.05, 0) is 48.4 Å². The van der Waals surface area contributed by atoms with E-state index in [1.54, 1.807) is 17.4 Å². The molecule has 0 fully saturated rings. The van der Waals surface area contributed by atoms with Crippen LogP contribution in [-0.2, 0) is 17.8 Å². The monoisotopic (exact) mass is 388 g/mol. The van der Waals surface area contributed by atoms with Gasteiger partial charge in [0.15, 0.2) is 12.6 Å². The molecule has 0 aliphatic carbocycles. The zero-order valence-corrected chi connectivity index (χ0v) is 16.7. The molecule has 1 aromatic carbocycles. The van der Waals surface area contributed by atoms with E-state index in [2.05, 4.69) is 40.1 Å². The summed E-state index contributed by atoms with van der Waals surface area (Å²) in [5.74, 6) is 1.43. The van der Waals surface area contributed by atoms with E-state index >= 15 is 0 Å². The first-order chi connectivity index (χ1) is 13.1. The van der Waals surface area contributed by atoms with Crippen molar-refractivity contribution >= 4 is 23.2 Å². The Hall–Kier alpha value is -2.54. The molecule has 0 aliphatic heterocycles. The van der Waals surface area contributed by atoms with E-state index in [1.165, 1.54) is 4.88 Å². The maximum absolute atomic E-state index is 10.8. The summed E-state index contributed by atoms with van der Waals surface area (Å²) in [4.78, 5) is 16.9. The zero-order valence-electron chi connectivity index (χ0n) is 15.9. The van der Waals surface area contributed by atoms with Crippen LogP contribution in [0.15, 0.2) is 46.8 Å². The predicted molar refractivity (Wildman–Crippen MR) is 111 cm³/mol. The molecule has 0 spiro atoms. The minimum Gasteiger partial charge on any atom is -0.484 e. The van der Waals surface area contributed by atoms with Gasteiger partial charge in [0.05, 0.1) is 6.54 Å². The molecule has 1 aromatic heterocycles. The van der Waals surface area contributed by atoms with E-state index < -0.39 is 5.91 Å². The van der Waals surface area contributed by atoms with Crippen LogP contribution in [0.2, 0.25) is 0 Å². The van der Waals surface area contributed by atoms with Crippen molar-refractivity contribution in [1.29, 1.82) is 0 Å². The van der Waals surface area contributed by atoms with E-state index in [9.17, 15) is 4.79 Å². The zero-order chi connectivity index (χ0) is 19.5. The van der Waals surface area contributed by atoms with Crippen LogP contribution in [0, 0.1) is 5.92 Å². The first kappa shape index (κ1) is 20.8. The van der Waals surface area contributed by atoms with Gasteiger partial charge in [-0.2, -0.15) is 0 Å². The maximum Gasteiger partial charge on any atom is 0.255 e. The summed E-state index contributed by atoms with van der Waals surface area (Å²) >= 11 is 1.80. The van der Waals surface area contributed by atoms with Gasteiger partial charge < -0.3 is 21.1 Å². The molecule has 0 saturated carbocycles. The van der Waals surface area contributed by atoms with E-state index in [-0.39, 0.29) is 6.61 Å². The second kappa shape index (κ2) is 11.2. The molecule has 2 rings (SSSR count). The number of hydrogen-bond donors (Lipinski definition) is 3. The van der Waals surface area contributed by atoms with Crippen LogP contribution in [0.5, 0.6) is 5.75 Å². The largest absolute Gasteiger partial charge is 0.484 e. The maximum atomic E-state index is 10.8. The molecule has 7 heteroatoms. The molecule has 146 valence electrons. The Labute approximate surface area is 164 Å². The van der Waals surface area contributed by atoms with Crippen LogP contribution in [0.25, 0.3) is 0 Å². The third kappa shape index (κ3) is 8.13. The number of guanidine groups is 1. The summed E-state index contributed by atoms with van der Waals surface area (Å²) in [5, 5.41) is 8.79. The molecule has 0 radical (unpaired) electrons. The molecule has 27 heavy (non-hydrogen) atoms. The van der Waals surface area contributed by atoms with Crippen LogP contribution >= 0.6 is 11.3 Å². The summed E-state index contributed by atoms with van der Waals surface area (Å²) in [6.07, 6.45) is 1.06. The third-order valence-corrected chi connectivity index (χ3v) is 4.69. The average molecular weight is 389 g/mol. The van der Waals surface area contributed by atoms with E-state index in [4.69, 9.17) is 10.5 Å². The number of aliphatic imine (C=N–C) groups is 1. The number of hydrogen-bond acceptors (Lipinski definition) is 4. The Morgan fingerprint density at radius 2 is 2.15 bits per heavy atom. The lowest BCUT2D eigenvalue weighted by atomic mass is 10.1. The number of nitrogens with zero attached hydrogens (tertiary/aromatic N) is 1. The molecule has 1 amide bonds. The van der Waals surface area contributed by atoms with Crippen molar-refractivity contribution in [2.75, 3.05) is 19.7 Å². The Morgan fingerprint density at radius 1 is 1.30 bits per heavy atom. The van der Waals surface area contributed by atoms with Gasteiger partial charge >= 0.3 is 0 Å². The van der Waals surface area contributed by atoms with Gasteiger partial charge in [-0.1, -0.05) is 25.1 Å². The van der Waals surface area contributed by atoms with Gasteiger partial charge in [-0.3, -0.25) is 4.79 Å². The van der Waals surface area contributed by atoms with Crippen LogP contribution in [0.1, 0.15) is 24.3 Å². The van der Waals surface area contributed by atoms with Crippen molar-refractivity contribution in [1.82, 2.24) is 10.6 Å². The normalized spacial score (nSPS) is 12.4. The second-order valence-electron chi connectivity index (χ2n) is 6.37. The molecule has 1 heterocycles. The van der Waals surface area contributed by atoms with Gasteiger partial charge in [0.2, 0.25) is 0 Å². The van der Waals surface area contributed by atoms with Crippen LogP contribution in [-0.4, -0.2) is 31.6 Å². The summed E-state index contributed by atoms with van der Waals surface area (Å²) in [6.45, 7) is 6.32. The smallest absolute Gasteiger partial charge is 0.255 e. The summed E-state index contributed by atoms with van der Waals surface area (Å²) in [7, 11) is 0. The molecular formula is C20H28N4O2S. The van der Waals surface area contributed by atoms with Crippen molar-refractivity contribution in [3.05, 3.63) is 52.2 Å². The van der Waals surface area contributed by atoms with Crippen molar-refractivity contribution in [2.45, 2.75) is 26.8 Å². The van der Waals surface area contributed by atoms with Gasteiger partial charge in [-0.15, -0.1) is 11.3 Å². The summed E-state index contributed by atoms with van der Waals surface area (Å²) < 4.78 is 5.34. The van der Waals surface area contributed by atoms with E-state index in [1.807, 2.05) is 25.1 Å². The molecule has 0 saturated heterocycles. The number of nitrogens with one attached hydrogen (secondary N) is 2. The molecular weight excluding hydrogens is 360 g/mol. The fourth-order valence-electron chi connectivity index (χ4n) is 2.52. The molecule has 0 bridgehead atoms. The quantitative estimate of drug-likeness (QED) is 0.431. The van der Waals surface area contributed by atoms with Crippen molar-refractivity contribution in [2.24, 2.45) is 16.6 Å². The van der Waals surface area contributed by atoms with Gasteiger partial charge in [0, 0.05) is 18.0 Å². The number of carbonyl (C=O) groups is 1. The number of ether oxygens (including phenoxy) is 1. The lowest BCUT2D eigenvalue weighted by molar-refractivity contribution is -0.119. The van der Waals surface area contributed by atoms with Gasteiger partial charge in [0.25, 0.3) is 5.91 Å². The minimum absolute atomic E-state index is 0.126. The van der Waals surface area contributed by atoms with E-state index in [0.717, 1.165) is 31.0 Å². The molecule has 1 unspecified atom stereocenters.